The Morgan fingerprint density at radius 1 is 0.976 bits per heavy atom. The van der Waals surface area contributed by atoms with Crippen molar-refractivity contribution in [3.05, 3.63) is 121 Å². The Labute approximate surface area is 236 Å². The van der Waals surface area contributed by atoms with Crippen LogP contribution in [0.5, 0.6) is 5.88 Å². The van der Waals surface area contributed by atoms with E-state index in [1.54, 1.807) is 37.3 Å². The van der Waals surface area contributed by atoms with Gasteiger partial charge in [-0.1, -0.05) is 42.0 Å². The van der Waals surface area contributed by atoms with Crippen molar-refractivity contribution in [2.75, 3.05) is 11.9 Å². The molecule has 0 aliphatic rings. The first-order valence-corrected chi connectivity index (χ1v) is 12.8. The van der Waals surface area contributed by atoms with Gasteiger partial charge >= 0.3 is 11.9 Å². The van der Waals surface area contributed by atoms with Crippen LogP contribution in [-0.4, -0.2) is 32.0 Å². The number of aliphatic imine (C=N–C) groups is 1. The van der Waals surface area contributed by atoms with Crippen LogP contribution in [0.1, 0.15) is 27.9 Å². The fourth-order valence-corrected chi connectivity index (χ4v) is 4.79. The first-order chi connectivity index (χ1) is 20.0. The number of aryl methyl sites for hydroxylation is 2. The van der Waals surface area contributed by atoms with E-state index in [0.29, 0.717) is 26.9 Å². The monoisotopic (exact) mass is 579 g/mol. The van der Waals surface area contributed by atoms with Crippen molar-refractivity contribution >= 4 is 22.4 Å². The highest BCUT2D eigenvalue weighted by atomic mass is 19.4. The van der Waals surface area contributed by atoms with Crippen molar-refractivity contribution in [3.63, 3.8) is 0 Å². The number of nitrogens with one attached hydrogen (secondary N) is 3. The number of H-pyrrole nitrogens is 2. The van der Waals surface area contributed by atoms with E-state index in [9.17, 15) is 32.3 Å². The quantitative estimate of drug-likeness (QED) is 0.119. The molecule has 0 spiro atoms. The molecule has 4 N–H and O–H groups in total. The molecule has 0 saturated heterocycles. The molecule has 0 amide bonds. The van der Waals surface area contributed by atoms with Crippen LogP contribution in [0.3, 0.4) is 0 Å². The third-order valence-corrected chi connectivity index (χ3v) is 6.82. The number of anilines is 1. The van der Waals surface area contributed by atoms with E-state index in [0.717, 1.165) is 17.7 Å². The van der Waals surface area contributed by atoms with Crippen molar-refractivity contribution in [3.8, 4) is 11.6 Å². The fraction of sp³-hybridized carbons (Fsp3) is 0.167. The van der Waals surface area contributed by atoms with E-state index in [1.165, 1.54) is 24.3 Å². The fourth-order valence-electron chi connectivity index (χ4n) is 4.79. The Morgan fingerprint density at radius 2 is 1.69 bits per heavy atom. The SMILES string of the molecule is Cc1ccc(NC(=NCCc2c(C)[nH]c3c(C(F)(F)F)cccc23)c2c(O)n(-c3ccccc3F)c(=O)[nH]c2=O)cc1. The minimum Gasteiger partial charge on any atom is -0.493 e. The second-order valence-electron chi connectivity index (χ2n) is 9.67. The molecule has 0 atom stereocenters. The van der Waals surface area contributed by atoms with E-state index >= 15 is 0 Å². The minimum absolute atomic E-state index is 0.0179. The standard InChI is InChI=1S/C30H25F4N5O3/c1-16-10-12-18(13-11-16)37-26(24-27(40)38-29(42)39(28(24)41)23-9-4-3-8-22(23)31)35-15-14-19-17(2)36-25-20(19)6-5-7-21(25)30(32,33)34/h3-13,36,41H,14-15H2,1-2H3,(H,35,37)(H,38,40,42). The summed E-state index contributed by atoms with van der Waals surface area (Å²) in [7, 11) is 0. The molecule has 0 aliphatic heterocycles. The smallest absolute Gasteiger partial charge is 0.418 e. The second kappa shape index (κ2) is 11.0. The number of hydrogen-bond donors (Lipinski definition) is 4. The van der Waals surface area contributed by atoms with Crippen LogP contribution in [0, 0.1) is 19.7 Å². The molecule has 2 heterocycles. The van der Waals surface area contributed by atoms with Crippen molar-refractivity contribution in [1.82, 2.24) is 14.5 Å². The molecule has 0 radical (unpaired) electrons. The highest BCUT2D eigenvalue weighted by Gasteiger charge is 2.33. The van der Waals surface area contributed by atoms with Crippen molar-refractivity contribution in [2.45, 2.75) is 26.4 Å². The van der Waals surface area contributed by atoms with Gasteiger partial charge in [0.1, 0.15) is 17.2 Å². The van der Waals surface area contributed by atoms with Crippen LogP contribution in [0.2, 0.25) is 0 Å². The summed E-state index contributed by atoms with van der Waals surface area (Å²) >= 11 is 0. The number of hydrogen-bond acceptors (Lipinski definition) is 4. The maximum Gasteiger partial charge on any atom is 0.418 e. The lowest BCUT2D eigenvalue weighted by Gasteiger charge is -2.15. The molecule has 3 aromatic carbocycles. The van der Waals surface area contributed by atoms with Gasteiger partial charge in [-0.25, -0.2) is 13.8 Å². The Bertz CT molecular complexity index is 1940. The van der Waals surface area contributed by atoms with Crippen LogP contribution in [-0.2, 0) is 12.6 Å². The van der Waals surface area contributed by atoms with Crippen LogP contribution >= 0.6 is 0 Å². The van der Waals surface area contributed by atoms with Gasteiger partial charge in [0, 0.05) is 23.3 Å². The molecule has 8 nitrogen and oxygen atoms in total. The third kappa shape index (κ3) is 5.42. The molecule has 12 heteroatoms. The van der Waals surface area contributed by atoms with Crippen molar-refractivity contribution in [2.24, 2.45) is 4.99 Å². The number of rotatable bonds is 6. The van der Waals surface area contributed by atoms with E-state index in [1.807, 2.05) is 6.92 Å². The van der Waals surface area contributed by atoms with E-state index in [-0.39, 0.29) is 30.0 Å². The van der Waals surface area contributed by atoms with Crippen LogP contribution in [0.15, 0.2) is 81.3 Å². The molecule has 216 valence electrons. The summed E-state index contributed by atoms with van der Waals surface area (Å²) in [6.07, 6.45) is -4.37. The maximum atomic E-state index is 14.6. The topological polar surface area (TPSA) is 115 Å². The number of halogens is 4. The largest absolute Gasteiger partial charge is 0.493 e. The average molecular weight is 580 g/mol. The van der Waals surface area contributed by atoms with Gasteiger partial charge < -0.3 is 15.4 Å². The van der Waals surface area contributed by atoms with Gasteiger partial charge in [-0.15, -0.1) is 0 Å². The van der Waals surface area contributed by atoms with Crippen molar-refractivity contribution < 1.29 is 22.7 Å². The summed E-state index contributed by atoms with van der Waals surface area (Å²) in [5, 5.41) is 14.5. The highest BCUT2D eigenvalue weighted by molar-refractivity contribution is 6.09. The molecule has 0 aliphatic carbocycles. The highest BCUT2D eigenvalue weighted by Crippen LogP contribution is 2.36. The van der Waals surface area contributed by atoms with Gasteiger partial charge in [0.15, 0.2) is 0 Å². The Hall–Kier alpha value is -5.13. The number of fused-ring (bicyclic) bond motifs is 1. The lowest BCUT2D eigenvalue weighted by atomic mass is 10.1. The number of amidine groups is 1. The number of aromatic nitrogens is 3. The summed E-state index contributed by atoms with van der Waals surface area (Å²) in [4.78, 5) is 35.1. The van der Waals surface area contributed by atoms with Gasteiger partial charge in [0.25, 0.3) is 5.56 Å². The van der Waals surface area contributed by atoms with Crippen LogP contribution in [0.4, 0.5) is 23.2 Å². The molecule has 0 bridgehead atoms. The summed E-state index contributed by atoms with van der Waals surface area (Å²) < 4.78 is 55.9. The average Bonchev–Trinajstić information content (AvgIpc) is 3.24. The lowest BCUT2D eigenvalue weighted by Crippen LogP contribution is -2.35. The zero-order chi connectivity index (χ0) is 30.2. The van der Waals surface area contributed by atoms with Gasteiger partial charge in [0.05, 0.1) is 16.8 Å². The predicted octanol–water partition coefficient (Wildman–Crippen LogP) is 5.59. The first kappa shape index (κ1) is 28.4. The predicted molar refractivity (Wildman–Crippen MR) is 152 cm³/mol. The number of aromatic hydroxyl groups is 1. The van der Waals surface area contributed by atoms with Gasteiger partial charge in [-0.3, -0.25) is 14.8 Å². The zero-order valence-electron chi connectivity index (χ0n) is 22.4. The zero-order valence-corrected chi connectivity index (χ0v) is 22.4. The number of alkyl halides is 3. The second-order valence-corrected chi connectivity index (χ2v) is 9.67. The van der Waals surface area contributed by atoms with E-state index < -0.39 is 40.2 Å². The summed E-state index contributed by atoms with van der Waals surface area (Å²) in [6, 6.07) is 16.2. The Morgan fingerprint density at radius 3 is 2.38 bits per heavy atom. The molecule has 2 aromatic heterocycles. The molecule has 5 rings (SSSR count). The Balaban J connectivity index is 1.60. The summed E-state index contributed by atoms with van der Waals surface area (Å²) in [5.74, 6) is -1.78. The van der Waals surface area contributed by atoms with E-state index in [2.05, 4.69) is 20.3 Å². The lowest BCUT2D eigenvalue weighted by molar-refractivity contribution is -0.136. The molecule has 0 unspecified atom stereocenters. The Kier molecular flexibility index (Phi) is 7.46. The molecular weight excluding hydrogens is 554 g/mol. The first-order valence-electron chi connectivity index (χ1n) is 12.8. The number of para-hydroxylation sites is 2. The van der Waals surface area contributed by atoms with Gasteiger partial charge in [-0.05, 0) is 56.2 Å². The third-order valence-electron chi connectivity index (χ3n) is 6.82. The molecule has 0 saturated carbocycles. The minimum atomic E-state index is -4.54. The number of nitrogens with zero attached hydrogens (tertiary/aromatic N) is 2. The molecule has 0 fully saturated rings. The van der Waals surface area contributed by atoms with Crippen molar-refractivity contribution in [1.29, 1.82) is 0 Å². The normalized spacial score (nSPS) is 12.2. The summed E-state index contributed by atoms with van der Waals surface area (Å²) in [5.41, 5.74) is -0.978. The summed E-state index contributed by atoms with van der Waals surface area (Å²) in [6.45, 7) is 3.52. The molecule has 42 heavy (non-hydrogen) atoms. The number of benzene rings is 3. The van der Waals surface area contributed by atoms with Crippen LogP contribution < -0.4 is 16.6 Å². The van der Waals surface area contributed by atoms with Crippen LogP contribution in [0.25, 0.3) is 16.6 Å². The molecule has 5 aromatic rings. The van der Waals surface area contributed by atoms with Gasteiger partial charge in [-0.2, -0.15) is 13.2 Å². The van der Waals surface area contributed by atoms with E-state index in [4.69, 9.17) is 0 Å². The number of aromatic amines is 2. The maximum absolute atomic E-state index is 14.6. The van der Waals surface area contributed by atoms with Gasteiger partial charge in [0.2, 0.25) is 5.88 Å². The molecular formula is C30H25F4N5O3.